The molecule has 0 spiro atoms. The van der Waals surface area contributed by atoms with E-state index in [-0.39, 0.29) is 11.7 Å². The van der Waals surface area contributed by atoms with Gasteiger partial charge in [0.05, 0.1) is 17.3 Å². The smallest absolute Gasteiger partial charge is 0.279 e. The molecule has 6 heteroatoms. The first kappa shape index (κ1) is 16.4. The van der Waals surface area contributed by atoms with Crippen molar-refractivity contribution >= 4 is 27.5 Å². The third kappa shape index (κ3) is 3.10. The van der Waals surface area contributed by atoms with Crippen LogP contribution < -0.4 is 9.54 Å². The van der Waals surface area contributed by atoms with Crippen molar-refractivity contribution in [3.05, 3.63) is 58.6 Å². The number of aromatic nitrogens is 1. The van der Waals surface area contributed by atoms with E-state index in [0.29, 0.717) is 28.2 Å². The molecule has 4 nitrogen and oxygen atoms in total. The van der Waals surface area contributed by atoms with E-state index in [9.17, 15) is 9.18 Å². The lowest BCUT2D eigenvalue weighted by molar-refractivity contribution is 0.0997. The van der Waals surface area contributed by atoms with Crippen LogP contribution in [0.5, 0.6) is 5.75 Å². The molecule has 124 valence electrons. The van der Waals surface area contributed by atoms with Crippen molar-refractivity contribution in [3.8, 4) is 5.75 Å². The second kappa shape index (κ2) is 6.97. The fraction of sp³-hybridized carbons (Fsp3) is 0.222. The summed E-state index contributed by atoms with van der Waals surface area (Å²) in [5, 5.41) is 0. The van der Waals surface area contributed by atoms with Gasteiger partial charge in [0.15, 0.2) is 4.80 Å². The van der Waals surface area contributed by atoms with Crippen molar-refractivity contribution in [1.82, 2.24) is 4.57 Å². The van der Waals surface area contributed by atoms with Crippen LogP contribution in [0.2, 0.25) is 0 Å². The maximum atomic E-state index is 14.2. The van der Waals surface area contributed by atoms with Gasteiger partial charge in [-0.15, -0.1) is 0 Å². The Morgan fingerprint density at radius 3 is 2.67 bits per heavy atom. The lowest BCUT2D eigenvalue weighted by Crippen LogP contribution is -2.17. The fourth-order valence-corrected chi connectivity index (χ4v) is 3.56. The quantitative estimate of drug-likeness (QED) is 0.718. The third-order valence-electron chi connectivity index (χ3n) is 3.63. The van der Waals surface area contributed by atoms with Crippen LogP contribution in [0, 0.1) is 5.82 Å². The highest BCUT2D eigenvalue weighted by molar-refractivity contribution is 7.16. The Kier molecular flexibility index (Phi) is 4.76. The van der Waals surface area contributed by atoms with Gasteiger partial charge in [0, 0.05) is 12.1 Å². The Morgan fingerprint density at radius 1 is 1.25 bits per heavy atom. The van der Waals surface area contributed by atoms with Crippen molar-refractivity contribution in [1.29, 1.82) is 0 Å². The van der Waals surface area contributed by atoms with Crippen molar-refractivity contribution in [2.75, 3.05) is 7.11 Å². The number of nitrogens with zero attached hydrogens (tertiary/aromatic N) is 2. The first-order chi connectivity index (χ1) is 11.6. The number of fused-ring (bicyclic) bond motifs is 1. The fourth-order valence-electron chi connectivity index (χ4n) is 2.49. The molecular weight excluding hydrogens is 327 g/mol. The summed E-state index contributed by atoms with van der Waals surface area (Å²) in [5.74, 6) is 0.0292. The molecule has 1 aromatic heterocycles. The molecule has 0 aliphatic rings. The van der Waals surface area contributed by atoms with Crippen LogP contribution in [-0.2, 0) is 6.54 Å². The number of hydrogen-bond donors (Lipinski definition) is 0. The van der Waals surface area contributed by atoms with Gasteiger partial charge < -0.3 is 9.30 Å². The van der Waals surface area contributed by atoms with Gasteiger partial charge in [0.1, 0.15) is 11.6 Å². The second-order valence-electron chi connectivity index (χ2n) is 5.27. The molecule has 0 atom stereocenters. The normalized spacial score (nSPS) is 11.9. The summed E-state index contributed by atoms with van der Waals surface area (Å²) in [7, 11) is 1.57. The van der Waals surface area contributed by atoms with E-state index in [1.165, 1.54) is 17.4 Å². The highest BCUT2D eigenvalue weighted by atomic mass is 32.1. The van der Waals surface area contributed by atoms with Crippen molar-refractivity contribution in [2.45, 2.75) is 19.9 Å². The van der Waals surface area contributed by atoms with Crippen LogP contribution in [0.1, 0.15) is 23.7 Å². The Hall–Kier alpha value is -2.47. The first-order valence-corrected chi connectivity index (χ1v) is 8.46. The molecule has 0 fully saturated rings. The topological polar surface area (TPSA) is 43.6 Å². The van der Waals surface area contributed by atoms with Crippen molar-refractivity contribution in [3.63, 3.8) is 0 Å². The summed E-state index contributed by atoms with van der Waals surface area (Å²) >= 11 is 1.32. The minimum absolute atomic E-state index is 0.296. The van der Waals surface area contributed by atoms with Gasteiger partial charge in [-0.1, -0.05) is 24.3 Å². The maximum absolute atomic E-state index is 14.2. The molecule has 0 bridgehead atoms. The Morgan fingerprint density at radius 2 is 2.00 bits per heavy atom. The average molecular weight is 344 g/mol. The summed E-state index contributed by atoms with van der Waals surface area (Å²) in [4.78, 5) is 17.2. The Bertz CT molecular complexity index is 942. The maximum Gasteiger partial charge on any atom is 0.279 e. The molecule has 1 amide bonds. The van der Waals surface area contributed by atoms with Crippen molar-refractivity contribution in [2.24, 2.45) is 4.99 Å². The van der Waals surface area contributed by atoms with Crippen LogP contribution in [0.25, 0.3) is 10.2 Å². The summed E-state index contributed by atoms with van der Waals surface area (Å²) in [6, 6.07) is 11.7. The van der Waals surface area contributed by atoms with Crippen LogP contribution in [0.3, 0.4) is 0 Å². The zero-order valence-electron chi connectivity index (χ0n) is 13.5. The number of methoxy groups -OCH3 is 1. The Balaban J connectivity index is 2.09. The number of ether oxygens (including phenoxy) is 1. The number of carbonyl (C=O) groups is 1. The van der Waals surface area contributed by atoms with E-state index in [1.807, 2.05) is 13.0 Å². The highest BCUT2D eigenvalue weighted by Gasteiger charge is 2.12. The van der Waals surface area contributed by atoms with Crippen LogP contribution in [0.15, 0.2) is 47.5 Å². The van der Waals surface area contributed by atoms with E-state index in [0.717, 1.165) is 11.1 Å². The van der Waals surface area contributed by atoms with Gasteiger partial charge >= 0.3 is 0 Å². The van der Waals surface area contributed by atoms with E-state index in [4.69, 9.17) is 4.74 Å². The molecule has 0 saturated heterocycles. The standard InChI is InChI=1S/C18H17FN2O2S/c1-3-11-21-16-14(19)5-4-6-15(16)24-18(21)20-17(22)12-7-9-13(23-2)10-8-12/h4-10H,3,11H2,1-2H3. The monoisotopic (exact) mass is 344 g/mol. The summed E-state index contributed by atoms with van der Waals surface area (Å²) in [6.07, 6.45) is 0.823. The van der Waals surface area contributed by atoms with Gasteiger partial charge in [-0.25, -0.2) is 4.39 Å². The minimum Gasteiger partial charge on any atom is -0.497 e. The molecule has 3 rings (SSSR count). The molecule has 3 aromatic rings. The van der Waals surface area contributed by atoms with Crippen molar-refractivity contribution < 1.29 is 13.9 Å². The zero-order chi connectivity index (χ0) is 17.1. The molecule has 0 N–H and O–H groups in total. The van der Waals surface area contributed by atoms with E-state index in [2.05, 4.69) is 4.99 Å². The highest BCUT2D eigenvalue weighted by Crippen LogP contribution is 2.21. The molecule has 0 aliphatic carbocycles. The SMILES string of the molecule is CCCn1c(=NC(=O)c2ccc(OC)cc2)sc2cccc(F)c21. The van der Waals surface area contributed by atoms with Gasteiger partial charge in [-0.05, 0) is 42.8 Å². The number of hydrogen-bond acceptors (Lipinski definition) is 3. The first-order valence-electron chi connectivity index (χ1n) is 7.65. The summed E-state index contributed by atoms with van der Waals surface area (Å²) in [6.45, 7) is 2.61. The van der Waals surface area contributed by atoms with E-state index < -0.39 is 0 Å². The van der Waals surface area contributed by atoms with E-state index in [1.54, 1.807) is 42.0 Å². The Labute approximate surface area is 142 Å². The van der Waals surface area contributed by atoms with Crippen LogP contribution in [0.4, 0.5) is 4.39 Å². The van der Waals surface area contributed by atoms with Gasteiger partial charge in [0.2, 0.25) is 0 Å². The number of rotatable bonds is 4. The number of benzene rings is 2. The zero-order valence-corrected chi connectivity index (χ0v) is 14.3. The third-order valence-corrected chi connectivity index (χ3v) is 4.68. The molecule has 2 aromatic carbocycles. The van der Waals surface area contributed by atoms with Gasteiger partial charge in [-0.2, -0.15) is 4.99 Å². The summed E-state index contributed by atoms with van der Waals surface area (Å²) < 4.78 is 21.8. The average Bonchev–Trinajstić information content (AvgIpc) is 2.94. The predicted molar refractivity (Wildman–Crippen MR) is 93.0 cm³/mol. The number of halogens is 1. The molecule has 24 heavy (non-hydrogen) atoms. The van der Waals surface area contributed by atoms with Gasteiger partial charge in [0.25, 0.3) is 5.91 Å². The number of aryl methyl sites for hydroxylation is 1. The molecule has 0 radical (unpaired) electrons. The lowest BCUT2D eigenvalue weighted by Gasteiger charge is -2.03. The lowest BCUT2D eigenvalue weighted by atomic mass is 10.2. The molecule has 0 unspecified atom stereocenters. The number of para-hydroxylation sites is 1. The molecular formula is C18H17FN2O2S. The number of carbonyl (C=O) groups excluding carboxylic acids is 1. The van der Waals surface area contributed by atoms with Crippen LogP contribution in [-0.4, -0.2) is 17.6 Å². The van der Waals surface area contributed by atoms with Gasteiger partial charge in [-0.3, -0.25) is 4.79 Å². The number of amides is 1. The largest absolute Gasteiger partial charge is 0.497 e. The second-order valence-corrected chi connectivity index (χ2v) is 6.28. The molecule has 1 heterocycles. The summed E-state index contributed by atoms with van der Waals surface area (Å²) in [5.41, 5.74) is 0.974. The molecule has 0 aliphatic heterocycles. The molecule has 0 saturated carbocycles. The van der Waals surface area contributed by atoms with Crippen LogP contribution >= 0.6 is 11.3 Å². The number of thiazole rings is 1. The van der Waals surface area contributed by atoms with E-state index >= 15 is 0 Å². The minimum atomic E-state index is -0.352. The predicted octanol–water partition coefficient (Wildman–Crippen LogP) is 4.00.